The van der Waals surface area contributed by atoms with Crippen molar-refractivity contribution in [3.63, 3.8) is 0 Å². The number of carbonyl (C=O) groups excluding carboxylic acids is 2. The van der Waals surface area contributed by atoms with Crippen LogP contribution in [-0.4, -0.2) is 40.9 Å². The van der Waals surface area contributed by atoms with E-state index in [1.54, 1.807) is 30.3 Å². The van der Waals surface area contributed by atoms with E-state index in [1.165, 1.54) is 16.7 Å². The van der Waals surface area contributed by atoms with Crippen molar-refractivity contribution in [2.75, 3.05) is 19.9 Å². The highest BCUT2D eigenvalue weighted by Gasteiger charge is 2.32. The van der Waals surface area contributed by atoms with E-state index in [1.807, 2.05) is 12.1 Å². The molecule has 10 heteroatoms. The highest BCUT2D eigenvalue weighted by atomic mass is 35.5. The van der Waals surface area contributed by atoms with Crippen LogP contribution in [0, 0.1) is 0 Å². The molecular weight excluding hydrogens is 467 g/mol. The minimum absolute atomic E-state index is 0.188. The zero-order chi connectivity index (χ0) is 21.3. The van der Waals surface area contributed by atoms with Crippen molar-refractivity contribution in [1.29, 1.82) is 0 Å². The number of thioether (sulfide) groups is 1. The first-order chi connectivity index (χ1) is 14.4. The first-order valence-corrected chi connectivity index (χ1v) is 10.8. The van der Waals surface area contributed by atoms with E-state index in [0.29, 0.717) is 25.7 Å². The van der Waals surface area contributed by atoms with Crippen LogP contribution in [0.5, 0.6) is 11.5 Å². The zero-order valence-corrected chi connectivity index (χ0v) is 18.5. The summed E-state index contributed by atoms with van der Waals surface area (Å²) in [5.74, 6) is 0.735. The smallest absolute Gasteiger partial charge is 0.266 e. The monoisotopic (exact) mass is 480 g/mol. The maximum atomic E-state index is 12.7. The Hall–Kier alpha value is -2.26. The largest absolute Gasteiger partial charge is 0.454 e. The third kappa shape index (κ3) is 4.27. The predicted octanol–water partition coefficient (Wildman–Crippen LogP) is 4.35. The van der Waals surface area contributed by atoms with Crippen molar-refractivity contribution in [1.82, 2.24) is 10.2 Å². The van der Waals surface area contributed by atoms with Gasteiger partial charge in [-0.1, -0.05) is 59.3 Å². The molecule has 6 nitrogen and oxygen atoms in total. The van der Waals surface area contributed by atoms with Crippen LogP contribution in [0.3, 0.4) is 0 Å². The molecule has 0 aromatic heterocycles. The first-order valence-electron chi connectivity index (χ1n) is 8.81. The number of benzene rings is 2. The highest BCUT2D eigenvalue weighted by molar-refractivity contribution is 8.26. The SMILES string of the molecule is O=C(NCCN1C(=O)C(=Cc2ccc3c(c2)OCO3)SC1=S)c1cccc(Cl)c1Cl. The molecule has 30 heavy (non-hydrogen) atoms. The zero-order valence-electron chi connectivity index (χ0n) is 15.3. The van der Waals surface area contributed by atoms with Crippen LogP contribution in [0.4, 0.5) is 0 Å². The summed E-state index contributed by atoms with van der Waals surface area (Å²) in [6.45, 7) is 0.644. The molecule has 2 amide bonds. The third-order valence-electron chi connectivity index (χ3n) is 4.39. The molecule has 0 spiro atoms. The third-order valence-corrected chi connectivity index (χ3v) is 6.58. The lowest BCUT2D eigenvalue weighted by molar-refractivity contribution is -0.122. The van der Waals surface area contributed by atoms with Gasteiger partial charge in [-0.3, -0.25) is 14.5 Å². The Morgan fingerprint density at radius 1 is 1.23 bits per heavy atom. The summed E-state index contributed by atoms with van der Waals surface area (Å²) < 4.78 is 11.1. The van der Waals surface area contributed by atoms with Crippen molar-refractivity contribution in [2.45, 2.75) is 0 Å². The standard InChI is InChI=1S/C20H14Cl2N2O4S2/c21-13-3-1-2-12(17(13)22)18(25)23-6-7-24-19(26)16(30-20(24)29)9-11-4-5-14-15(8-11)28-10-27-14/h1-5,8-9H,6-7,10H2,(H,23,25). The summed E-state index contributed by atoms with van der Waals surface area (Å²) in [5.41, 5.74) is 1.08. The number of thiocarbonyl (C=S) groups is 1. The van der Waals surface area contributed by atoms with Gasteiger partial charge in [-0.2, -0.15) is 0 Å². The van der Waals surface area contributed by atoms with Crippen LogP contribution in [0.15, 0.2) is 41.3 Å². The van der Waals surface area contributed by atoms with E-state index in [4.69, 9.17) is 44.9 Å². The van der Waals surface area contributed by atoms with Crippen LogP contribution in [0.2, 0.25) is 10.0 Å². The van der Waals surface area contributed by atoms with Gasteiger partial charge in [0.05, 0.1) is 20.5 Å². The average molecular weight is 481 g/mol. The van der Waals surface area contributed by atoms with Crippen molar-refractivity contribution in [3.8, 4) is 11.5 Å². The van der Waals surface area contributed by atoms with Crippen molar-refractivity contribution >= 4 is 69.4 Å². The van der Waals surface area contributed by atoms with E-state index in [0.717, 1.165) is 5.56 Å². The van der Waals surface area contributed by atoms with E-state index in [9.17, 15) is 9.59 Å². The number of nitrogens with one attached hydrogen (secondary N) is 1. The Morgan fingerprint density at radius 2 is 2.03 bits per heavy atom. The molecular formula is C20H14Cl2N2O4S2. The van der Waals surface area contributed by atoms with E-state index in [-0.39, 0.29) is 42.3 Å². The number of rotatable bonds is 5. The lowest BCUT2D eigenvalue weighted by Gasteiger charge is -2.15. The Balaban J connectivity index is 1.38. The summed E-state index contributed by atoms with van der Waals surface area (Å²) in [4.78, 5) is 27.0. The molecule has 1 N–H and O–H groups in total. The normalized spacial score (nSPS) is 16.5. The number of halogens is 2. The minimum atomic E-state index is -0.371. The molecule has 0 radical (unpaired) electrons. The molecule has 0 saturated carbocycles. The quantitative estimate of drug-likeness (QED) is 0.506. The Bertz CT molecular complexity index is 1090. The fraction of sp³-hybridized carbons (Fsp3) is 0.150. The number of hydrogen-bond donors (Lipinski definition) is 1. The van der Waals surface area contributed by atoms with Crippen molar-refractivity contribution < 1.29 is 19.1 Å². The number of carbonyl (C=O) groups is 2. The molecule has 1 fully saturated rings. The fourth-order valence-corrected chi connectivity index (χ4v) is 4.60. The lowest BCUT2D eigenvalue weighted by Crippen LogP contribution is -2.37. The summed E-state index contributed by atoms with van der Waals surface area (Å²) >= 11 is 18.6. The Kier molecular flexibility index (Phi) is 6.19. The van der Waals surface area contributed by atoms with Crippen LogP contribution >= 0.6 is 47.2 Å². The maximum Gasteiger partial charge on any atom is 0.266 e. The van der Waals surface area contributed by atoms with Crippen LogP contribution in [-0.2, 0) is 4.79 Å². The van der Waals surface area contributed by atoms with Crippen molar-refractivity contribution in [2.24, 2.45) is 0 Å². The summed E-state index contributed by atoms with van der Waals surface area (Å²) in [5, 5.41) is 3.22. The van der Waals surface area contributed by atoms with Gasteiger partial charge in [-0.05, 0) is 35.9 Å². The van der Waals surface area contributed by atoms with Gasteiger partial charge in [0, 0.05) is 13.1 Å². The lowest BCUT2D eigenvalue weighted by atomic mass is 10.2. The fourth-order valence-electron chi connectivity index (χ4n) is 2.90. The van der Waals surface area contributed by atoms with Crippen LogP contribution in [0.1, 0.15) is 15.9 Å². The highest BCUT2D eigenvalue weighted by Crippen LogP contribution is 2.36. The maximum absolute atomic E-state index is 12.7. The number of nitrogens with zero attached hydrogens (tertiary/aromatic N) is 1. The second kappa shape index (κ2) is 8.85. The van der Waals surface area contributed by atoms with Gasteiger partial charge < -0.3 is 14.8 Å². The topological polar surface area (TPSA) is 67.9 Å². The Morgan fingerprint density at radius 3 is 2.87 bits per heavy atom. The van der Waals surface area contributed by atoms with Gasteiger partial charge in [-0.25, -0.2) is 0 Å². The molecule has 0 unspecified atom stereocenters. The van der Waals surface area contributed by atoms with E-state index < -0.39 is 0 Å². The number of ether oxygens (including phenoxy) is 2. The van der Waals surface area contributed by atoms with E-state index in [2.05, 4.69) is 5.32 Å². The molecule has 1 saturated heterocycles. The summed E-state index contributed by atoms with van der Waals surface area (Å²) in [7, 11) is 0. The number of fused-ring (bicyclic) bond motifs is 1. The second-order valence-corrected chi connectivity index (χ2v) is 8.76. The Labute approximate surface area is 192 Å². The van der Waals surface area contributed by atoms with Gasteiger partial charge in [-0.15, -0.1) is 0 Å². The molecule has 2 aromatic rings. The number of hydrogen-bond acceptors (Lipinski definition) is 6. The van der Waals surface area contributed by atoms with Gasteiger partial charge in [0.15, 0.2) is 11.5 Å². The van der Waals surface area contributed by atoms with Crippen LogP contribution < -0.4 is 14.8 Å². The molecule has 2 aliphatic rings. The molecule has 0 atom stereocenters. The van der Waals surface area contributed by atoms with Crippen LogP contribution in [0.25, 0.3) is 6.08 Å². The minimum Gasteiger partial charge on any atom is -0.454 e. The molecule has 0 bridgehead atoms. The predicted molar refractivity (Wildman–Crippen MR) is 121 cm³/mol. The molecule has 2 heterocycles. The second-order valence-electron chi connectivity index (χ2n) is 6.30. The van der Waals surface area contributed by atoms with Crippen molar-refractivity contribution in [3.05, 3.63) is 62.5 Å². The molecule has 154 valence electrons. The van der Waals surface area contributed by atoms with Gasteiger partial charge in [0.25, 0.3) is 11.8 Å². The van der Waals surface area contributed by atoms with Gasteiger partial charge in [0.1, 0.15) is 4.32 Å². The average Bonchev–Trinajstić information content (AvgIpc) is 3.29. The summed E-state index contributed by atoms with van der Waals surface area (Å²) in [6.07, 6.45) is 1.76. The van der Waals surface area contributed by atoms with E-state index >= 15 is 0 Å². The number of amides is 2. The van der Waals surface area contributed by atoms with Gasteiger partial charge in [0.2, 0.25) is 6.79 Å². The first kappa shape index (κ1) is 21.0. The van der Waals surface area contributed by atoms with Gasteiger partial charge >= 0.3 is 0 Å². The summed E-state index contributed by atoms with van der Waals surface area (Å²) in [6, 6.07) is 10.3. The molecule has 4 rings (SSSR count). The molecule has 2 aromatic carbocycles. The molecule has 2 aliphatic heterocycles. The molecule has 0 aliphatic carbocycles.